The van der Waals surface area contributed by atoms with Crippen LogP contribution in [0.15, 0.2) is 84.6 Å². The Balaban J connectivity index is 0.000000215. The van der Waals surface area contributed by atoms with Gasteiger partial charge in [-0.05, 0) is 138 Å². The third kappa shape index (κ3) is 19.6. The molecule has 16 atom stereocenters. The molecule has 6 aliphatic carbocycles. The number of anilines is 2. The molecule has 32 nitrogen and oxygen atoms in total. The quantitative estimate of drug-likeness (QED) is 0.0115. The molecule has 14 rings (SSSR count). The molecule has 634 valence electrons. The molecule has 2 aliphatic heterocycles. The fourth-order valence-corrected chi connectivity index (χ4v) is 17.9. The van der Waals surface area contributed by atoms with E-state index in [0.717, 1.165) is 38.5 Å². The number of ether oxygens (including phenoxy) is 7. The van der Waals surface area contributed by atoms with Gasteiger partial charge in [0.25, 0.3) is 0 Å². The molecule has 9 N–H and O–H groups in total. The van der Waals surface area contributed by atoms with Gasteiger partial charge in [0.05, 0.1) is 42.6 Å². The van der Waals surface area contributed by atoms with E-state index in [2.05, 4.69) is 45.1 Å². The van der Waals surface area contributed by atoms with Gasteiger partial charge in [-0.1, -0.05) is 61.1 Å². The average molecular weight is 1670 g/mol. The minimum Gasteiger partial charge on any atom is -0.488 e. The number of aromatic nitrogens is 4. The van der Waals surface area contributed by atoms with Crippen LogP contribution in [0.4, 0.5) is 19.9 Å². The van der Waals surface area contributed by atoms with Crippen LogP contribution >= 0.6 is 22.7 Å². The standard InChI is InChI=1S/C42H52N6O10S.C41H50N6O10S.CH4/c1-8-24-17-42(24,38(52)53)47-36(50)32-15-27(18-48(32)37(51)35(41(4,5)6)46-40(54)58-26-12-22-11-23(22)13-26)57-33-16-30(31-20-59-39(45-31)43-21(2)3)44-29-14-25(9-10-28(29)33)56-19-34(49)55-7;1-7-23-16-41(23,37(52)53)46-35(50)31-14-26(17-47(31)36(51)34(40(4,5)6)45-39(54)57-25-11-21-10-22(21)12-25)56-32-15-29(30-19-58-38(44-30)42-20(2)3)43-28-13-24(8-9-27(28)32)55-18-33(48)49;/h8-10,14,16,20-24,26-27,32,35H,1,11-13,15,17-19H2,2-7H3,(H,43,45)(H,46,54)(H,47,50)(H,52,53);7-9,13,15,19-23,25-26,31,34H,1,10-12,14,16-18H2,2-6H3,(H,42,44)(H,45,54)(H,46,50)(H,48,49)(H,52,53);1H4/t22-,23+,24?,26?,27-,32+,35-,42-;21-,22+,23?,25?,26-,31+,34-,41-;/m11./s1. The molecule has 8 aliphatic rings. The van der Waals surface area contributed by atoms with Gasteiger partial charge in [0.1, 0.15) is 94.0 Å². The Morgan fingerprint density at radius 2 is 0.932 bits per heavy atom. The number of carboxylic acid groups (broad SMARTS) is 3. The van der Waals surface area contributed by atoms with Crippen LogP contribution in [0.2, 0.25) is 0 Å². The molecule has 2 aromatic carbocycles. The van der Waals surface area contributed by atoms with E-state index in [0.29, 0.717) is 95.8 Å². The Labute approximate surface area is 691 Å². The van der Waals surface area contributed by atoms with E-state index >= 15 is 0 Å². The molecule has 6 heterocycles. The van der Waals surface area contributed by atoms with Crippen LogP contribution in [0, 0.1) is 46.3 Å². The van der Waals surface area contributed by atoms with Gasteiger partial charge in [0.2, 0.25) is 23.6 Å². The zero-order valence-electron chi connectivity index (χ0n) is 67.3. The molecule has 0 spiro atoms. The lowest BCUT2D eigenvalue weighted by molar-refractivity contribution is -0.146. The number of esters is 1. The number of hydrogen-bond acceptors (Lipinski definition) is 25. The van der Waals surface area contributed by atoms with Gasteiger partial charge >= 0.3 is 36.1 Å². The Kier molecular flexibility index (Phi) is 25.3. The van der Waals surface area contributed by atoms with E-state index in [1.54, 1.807) is 69.3 Å². The van der Waals surface area contributed by atoms with Crippen molar-refractivity contribution in [3.63, 3.8) is 0 Å². The van der Waals surface area contributed by atoms with Gasteiger partial charge < -0.3 is 90.2 Å². The van der Waals surface area contributed by atoms with E-state index < -0.39 is 136 Å². The smallest absolute Gasteiger partial charge is 0.408 e. The summed E-state index contributed by atoms with van der Waals surface area (Å²) in [5, 5.41) is 53.3. The van der Waals surface area contributed by atoms with Gasteiger partial charge in [-0.2, -0.15) is 0 Å². The van der Waals surface area contributed by atoms with Crippen LogP contribution in [-0.2, 0) is 52.6 Å². The number of carboxylic acids is 3. The monoisotopic (exact) mass is 1670 g/mol. The summed E-state index contributed by atoms with van der Waals surface area (Å²) >= 11 is 2.82. The van der Waals surface area contributed by atoms with Gasteiger partial charge in [0, 0.05) is 82.6 Å². The third-order valence-electron chi connectivity index (χ3n) is 22.8. The molecule has 118 heavy (non-hydrogen) atoms. The van der Waals surface area contributed by atoms with Crippen LogP contribution in [0.3, 0.4) is 0 Å². The molecule has 34 heteroatoms. The zero-order chi connectivity index (χ0) is 84.1. The second-order valence-electron chi connectivity index (χ2n) is 34.6. The normalized spacial score (nSPS) is 26.0. The highest BCUT2D eigenvalue weighted by atomic mass is 32.1. The molecular formula is C84H106N12O20S2. The van der Waals surface area contributed by atoms with Crippen molar-refractivity contribution < 1.29 is 96.4 Å². The Hall–Kier alpha value is -10.9. The summed E-state index contributed by atoms with van der Waals surface area (Å²) in [6.45, 7) is 25.3. The molecule has 0 bridgehead atoms. The first-order valence-electron chi connectivity index (χ1n) is 39.5. The SMILES string of the molecule is C.C=CC1C[C@]1(NC(=O)[C@@H]1C[C@@H](Oc2cc(-c3csc(NC(C)C)n3)nc3cc(OCC(=O)O)ccc23)CN1C(=O)[C@@H](NC(=O)OC1C[C@@H]2C[C@@H]2C1)C(C)(C)C)C(=O)O.C=CC1C[C@]1(NC(=O)[C@@H]1C[C@@H](Oc2cc(-c3csc(NC(C)C)n3)nc3cc(OCC(=O)OC)ccc23)CN1C(=O)[C@@H](NC(=O)OC1C[C@@H]2C[C@@H]2C1)C(C)(C)C)C(=O)O. The van der Waals surface area contributed by atoms with Crippen molar-refractivity contribution in [1.29, 1.82) is 0 Å². The number of pyridine rings is 2. The summed E-state index contributed by atoms with van der Waals surface area (Å²) in [4.78, 5) is 154. The number of rotatable bonds is 30. The van der Waals surface area contributed by atoms with Crippen molar-refractivity contribution in [2.24, 2.45) is 46.3 Å². The number of amides is 6. The lowest BCUT2D eigenvalue weighted by atomic mass is 9.85. The van der Waals surface area contributed by atoms with Crippen molar-refractivity contribution in [1.82, 2.24) is 51.0 Å². The lowest BCUT2D eigenvalue weighted by Crippen LogP contribution is -2.59. The second-order valence-corrected chi connectivity index (χ2v) is 36.3. The highest BCUT2D eigenvalue weighted by Gasteiger charge is 2.63. The lowest BCUT2D eigenvalue weighted by Gasteiger charge is -2.35. The number of methoxy groups -OCH3 is 1. The number of hydrogen-bond donors (Lipinski definition) is 9. The number of alkyl carbamates (subject to hydrolysis) is 2. The first-order valence-corrected chi connectivity index (χ1v) is 41.3. The first kappa shape index (κ1) is 86.4. The largest absolute Gasteiger partial charge is 0.488 e. The maximum absolute atomic E-state index is 14.7. The summed E-state index contributed by atoms with van der Waals surface area (Å²) in [5.74, 6) is -3.73. The second kappa shape index (κ2) is 34.6. The maximum Gasteiger partial charge on any atom is 0.408 e. The van der Waals surface area contributed by atoms with Crippen molar-refractivity contribution in [2.75, 3.05) is 44.0 Å². The fraction of sp³-hybridized carbons (Fsp3) is 0.548. The molecule has 4 aromatic heterocycles. The number of thiazole rings is 2. The number of carbonyl (C=O) groups is 10. The minimum atomic E-state index is -1.55. The number of nitrogens with one attached hydrogen (secondary N) is 6. The predicted octanol–water partition coefficient (Wildman–Crippen LogP) is 10.9. The highest BCUT2D eigenvalue weighted by Crippen LogP contribution is 2.54. The van der Waals surface area contributed by atoms with Crippen LogP contribution in [0.5, 0.6) is 23.0 Å². The average Bonchev–Trinajstić information content (AvgIpc) is 1.58. The highest BCUT2D eigenvalue weighted by molar-refractivity contribution is 7.14. The van der Waals surface area contributed by atoms with E-state index in [1.165, 1.54) is 51.7 Å². The number of aliphatic carboxylic acids is 3. The summed E-state index contributed by atoms with van der Waals surface area (Å²) in [6.07, 6.45) is 5.50. The van der Waals surface area contributed by atoms with Crippen molar-refractivity contribution in [2.45, 2.75) is 213 Å². The molecule has 2 saturated heterocycles. The molecule has 4 unspecified atom stereocenters. The predicted molar refractivity (Wildman–Crippen MR) is 438 cm³/mol. The molecule has 8 fully saturated rings. The Morgan fingerprint density at radius 1 is 0.542 bits per heavy atom. The van der Waals surface area contributed by atoms with Crippen LogP contribution < -0.4 is 50.8 Å². The number of nitrogens with zero attached hydrogens (tertiary/aromatic N) is 6. The third-order valence-corrected chi connectivity index (χ3v) is 24.4. The molecular weight excluding hydrogens is 1560 g/mol. The number of carbonyl (C=O) groups excluding carboxylic acids is 7. The van der Waals surface area contributed by atoms with Crippen molar-refractivity contribution in [3.8, 4) is 45.8 Å². The van der Waals surface area contributed by atoms with Crippen molar-refractivity contribution >= 4 is 114 Å². The molecule has 6 amide bonds. The van der Waals surface area contributed by atoms with Crippen molar-refractivity contribution in [3.05, 3.63) is 84.6 Å². The first-order chi connectivity index (χ1) is 55.4. The van der Waals surface area contributed by atoms with E-state index in [4.69, 9.17) is 53.1 Å². The molecule has 6 aromatic rings. The van der Waals surface area contributed by atoms with Crippen LogP contribution in [-0.4, -0.2) is 210 Å². The number of fused-ring (bicyclic) bond motifs is 4. The van der Waals surface area contributed by atoms with E-state index in [9.17, 15) is 63.3 Å². The van der Waals surface area contributed by atoms with Gasteiger partial charge in [-0.25, -0.2) is 48.7 Å². The van der Waals surface area contributed by atoms with Crippen LogP contribution in [0.1, 0.15) is 141 Å². The van der Waals surface area contributed by atoms with E-state index in [1.807, 2.05) is 59.2 Å². The summed E-state index contributed by atoms with van der Waals surface area (Å²) in [7, 11) is 1.27. The summed E-state index contributed by atoms with van der Waals surface area (Å²) in [5.41, 5.74) is -1.75. The topological polar surface area (TPSA) is 426 Å². The van der Waals surface area contributed by atoms with Crippen LogP contribution in [0.25, 0.3) is 44.6 Å². The number of benzene rings is 2. The minimum absolute atomic E-state index is 0. The van der Waals surface area contributed by atoms with E-state index in [-0.39, 0.29) is 82.8 Å². The van der Waals surface area contributed by atoms with Gasteiger partial charge in [-0.15, -0.1) is 35.8 Å². The molecule has 6 saturated carbocycles. The number of likely N-dealkylation sites (tertiary alicyclic amines) is 2. The zero-order valence-corrected chi connectivity index (χ0v) is 68.9. The summed E-state index contributed by atoms with van der Waals surface area (Å²) < 4.78 is 40.7. The molecule has 0 radical (unpaired) electrons. The Morgan fingerprint density at radius 3 is 1.27 bits per heavy atom. The summed E-state index contributed by atoms with van der Waals surface area (Å²) in [6, 6.07) is 9.20. The fourth-order valence-electron chi connectivity index (χ4n) is 16.2. The Bertz CT molecular complexity index is 4860. The van der Waals surface area contributed by atoms with Gasteiger partial charge in [-0.3, -0.25) is 19.2 Å². The maximum atomic E-state index is 14.7. The van der Waals surface area contributed by atoms with Gasteiger partial charge in [0.15, 0.2) is 23.5 Å².